The minimum absolute atomic E-state index is 0.132. The molecule has 0 bridgehead atoms. The second-order valence-electron chi connectivity index (χ2n) is 5.50. The second kappa shape index (κ2) is 7.63. The average Bonchev–Trinajstić information content (AvgIpc) is 2.66. The minimum Gasteiger partial charge on any atom is -0.339 e. The molecule has 27 heavy (non-hydrogen) atoms. The molecule has 3 rings (SSSR count). The van der Waals surface area contributed by atoms with Crippen molar-refractivity contribution in [1.82, 2.24) is 9.97 Å². The van der Waals surface area contributed by atoms with Gasteiger partial charge < -0.3 is 10.6 Å². The summed E-state index contributed by atoms with van der Waals surface area (Å²) in [4.78, 5) is 20.1. The highest BCUT2D eigenvalue weighted by Crippen LogP contribution is 2.25. The minimum atomic E-state index is -1.67. The van der Waals surface area contributed by atoms with E-state index in [9.17, 15) is 18.0 Å². The highest BCUT2D eigenvalue weighted by molar-refractivity contribution is 6.31. The molecule has 1 aromatic heterocycles. The number of anilines is 3. The molecule has 0 saturated heterocycles. The molecule has 5 nitrogen and oxygen atoms in total. The number of carbonyl (C=O) groups excluding carboxylic acids is 1. The van der Waals surface area contributed by atoms with Crippen LogP contribution in [0.1, 0.15) is 16.1 Å². The lowest BCUT2D eigenvalue weighted by atomic mass is 10.2. The normalized spacial score (nSPS) is 10.6. The van der Waals surface area contributed by atoms with Gasteiger partial charge in [-0.1, -0.05) is 17.7 Å². The van der Waals surface area contributed by atoms with Crippen molar-refractivity contribution in [2.75, 3.05) is 10.6 Å². The van der Waals surface area contributed by atoms with E-state index in [1.807, 2.05) is 6.92 Å². The molecule has 0 aliphatic heterocycles. The number of benzene rings is 2. The third-order valence-corrected chi connectivity index (χ3v) is 4.11. The highest BCUT2D eigenvalue weighted by Gasteiger charge is 2.17. The van der Waals surface area contributed by atoms with Crippen LogP contribution in [0.15, 0.2) is 42.7 Å². The predicted octanol–water partition coefficient (Wildman–Crippen LogP) is 4.85. The fraction of sp³-hybridized carbons (Fsp3) is 0.0556. The van der Waals surface area contributed by atoms with Crippen LogP contribution in [-0.4, -0.2) is 15.9 Å². The molecule has 0 aliphatic rings. The number of carbonyl (C=O) groups is 1. The van der Waals surface area contributed by atoms with Gasteiger partial charge in [-0.05, 0) is 36.8 Å². The Morgan fingerprint density at radius 1 is 1.00 bits per heavy atom. The molecule has 0 spiro atoms. The van der Waals surface area contributed by atoms with E-state index in [0.717, 1.165) is 23.5 Å². The first-order valence-electron chi connectivity index (χ1n) is 7.66. The first-order chi connectivity index (χ1) is 12.9. The van der Waals surface area contributed by atoms with Crippen LogP contribution in [0.5, 0.6) is 0 Å². The summed E-state index contributed by atoms with van der Waals surface area (Å²) in [5, 5.41) is 5.71. The van der Waals surface area contributed by atoms with Gasteiger partial charge in [-0.25, -0.2) is 23.1 Å². The topological polar surface area (TPSA) is 66.9 Å². The molecule has 1 heterocycles. The first-order valence-corrected chi connectivity index (χ1v) is 8.03. The molecule has 138 valence electrons. The van der Waals surface area contributed by atoms with Gasteiger partial charge in [0.05, 0.1) is 18.1 Å². The maximum absolute atomic E-state index is 13.6. The summed E-state index contributed by atoms with van der Waals surface area (Å²) in [7, 11) is 0. The molecule has 0 unspecified atom stereocenters. The van der Waals surface area contributed by atoms with Gasteiger partial charge in [0.1, 0.15) is 11.5 Å². The second-order valence-corrected chi connectivity index (χ2v) is 5.91. The van der Waals surface area contributed by atoms with Gasteiger partial charge in [-0.2, -0.15) is 0 Å². The average molecular weight is 393 g/mol. The smallest absolute Gasteiger partial charge is 0.275 e. The number of amides is 1. The molecule has 0 fully saturated rings. The van der Waals surface area contributed by atoms with Crippen molar-refractivity contribution in [3.63, 3.8) is 0 Å². The highest BCUT2D eigenvalue weighted by atomic mass is 35.5. The summed E-state index contributed by atoms with van der Waals surface area (Å²) in [6, 6.07) is 6.94. The van der Waals surface area contributed by atoms with E-state index >= 15 is 0 Å². The van der Waals surface area contributed by atoms with Crippen LogP contribution < -0.4 is 10.6 Å². The van der Waals surface area contributed by atoms with Crippen LogP contribution in [0.3, 0.4) is 0 Å². The van der Waals surface area contributed by atoms with E-state index in [1.54, 1.807) is 18.2 Å². The Morgan fingerprint density at radius 2 is 1.78 bits per heavy atom. The van der Waals surface area contributed by atoms with Crippen LogP contribution in [0.2, 0.25) is 5.02 Å². The van der Waals surface area contributed by atoms with Gasteiger partial charge in [-0.15, -0.1) is 0 Å². The Balaban J connectivity index is 1.74. The maximum atomic E-state index is 13.6. The molecular formula is C18H12ClF3N4O. The van der Waals surface area contributed by atoms with Crippen LogP contribution in [0, 0.1) is 24.4 Å². The molecular weight excluding hydrogens is 381 g/mol. The Hall–Kier alpha value is -3.13. The number of aromatic nitrogens is 2. The van der Waals surface area contributed by atoms with E-state index in [-0.39, 0.29) is 5.69 Å². The molecule has 3 aromatic rings. The Bertz CT molecular complexity index is 1010. The lowest BCUT2D eigenvalue weighted by Crippen LogP contribution is -2.16. The third kappa shape index (κ3) is 4.01. The summed E-state index contributed by atoms with van der Waals surface area (Å²) in [6.45, 7) is 1.83. The molecule has 0 atom stereocenters. The van der Waals surface area contributed by atoms with Gasteiger partial charge in [-0.3, -0.25) is 4.79 Å². The molecule has 9 heteroatoms. The lowest BCUT2D eigenvalue weighted by Gasteiger charge is -2.10. The summed E-state index contributed by atoms with van der Waals surface area (Å²) >= 11 is 6.05. The Morgan fingerprint density at radius 3 is 2.48 bits per heavy atom. The lowest BCUT2D eigenvalue weighted by molar-refractivity contribution is 0.102. The maximum Gasteiger partial charge on any atom is 0.275 e. The number of nitrogens with zero attached hydrogens (tertiary/aromatic N) is 2. The van der Waals surface area contributed by atoms with Crippen LogP contribution in [0.4, 0.5) is 30.4 Å². The van der Waals surface area contributed by atoms with E-state index in [0.29, 0.717) is 16.9 Å². The first kappa shape index (κ1) is 18.7. The van der Waals surface area contributed by atoms with Crippen LogP contribution >= 0.6 is 11.6 Å². The molecule has 1 amide bonds. The van der Waals surface area contributed by atoms with Crippen molar-refractivity contribution >= 4 is 34.7 Å². The summed E-state index contributed by atoms with van der Waals surface area (Å²) < 4.78 is 39.8. The molecule has 0 radical (unpaired) electrons. The summed E-state index contributed by atoms with van der Waals surface area (Å²) in [6.07, 6.45) is 2.46. The van der Waals surface area contributed by atoms with Crippen molar-refractivity contribution in [1.29, 1.82) is 0 Å². The zero-order valence-corrected chi connectivity index (χ0v) is 14.6. The summed E-state index contributed by atoms with van der Waals surface area (Å²) in [5.41, 5.74) is 0.902. The van der Waals surface area contributed by atoms with Crippen molar-refractivity contribution in [2.24, 2.45) is 0 Å². The van der Waals surface area contributed by atoms with E-state index in [1.165, 1.54) is 6.20 Å². The molecule has 0 saturated carbocycles. The van der Waals surface area contributed by atoms with Crippen molar-refractivity contribution in [2.45, 2.75) is 6.92 Å². The quantitative estimate of drug-likeness (QED) is 0.623. The standard InChI is InChI=1S/C18H12ClF3N4O/c1-9-10(19)3-2-4-12(9)25-15-8-23-14(7-24-15)18(27)26-13-6-5-11(20)16(21)17(13)22/h2-8H,1H3,(H,24,25)(H,26,27). The van der Waals surface area contributed by atoms with Crippen LogP contribution in [-0.2, 0) is 0 Å². The van der Waals surface area contributed by atoms with Crippen LogP contribution in [0.25, 0.3) is 0 Å². The molecule has 0 aliphatic carbocycles. The van der Waals surface area contributed by atoms with Gasteiger partial charge >= 0.3 is 0 Å². The Labute approximate surface area is 157 Å². The monoisotopic (exact) mass is 392 g/mol. The van der Waals surface area contributed by atoms with E-state index in [2.05, 4.69) is 20.6 Å². The van der Waals surface area contributed by atoms with Crippen molar-refractivity contribution < 1.29 is 18.0 Å². The van der Waals surface area contributed by atoms with Gasteiger partial charge in [0.25, 0.3) is 5.91 Å². The number of halogens is 4. The number of nitrogens with one attached hydrogen (secondary N) is 2. The number of hydrogen-bond donors (Lipinski definition) is 2. The largest absolute Gasteiger partial charge is 0.339 e. The van der Waals surface area contributed by atoms with Gasteiger partial charge in [0, 0.05) is 10.7 Å². The zero-order valence-electron chi connectivity index (χ0n) is 13.9. The molecule has 2 N–H and O–H groups in total. The predicted molar refractivity (Wildman–Crippen MR) is 95.8 cm³/mol. The number of rotatable bonds is 4. The summed E-state index contributed by atoms with van der Waals surface area (Å²) in [5.74, 6) is -4.98. The fourth-order valence-corrected chi connectivity index (χ4v) is 2.37. The Kier molecular flexibility index (Phi) is 5.27. The number of hydrogen-bond acceptors (Lipinski definition) is 4. The van der Waals surface area contributed by atoms with E-state index < -0.39 is 29.0 Å². The molecule has 2 aromatic carbocycles. The fourth-order valence-electron chi connectivity index (χ4n) is 2.20. The van der Waals surface area contributed by atoms with Crippen molar-refractivity contribution in [3.05, 3.63) is 76.5 Å². The zero-order chi connectivity index (χ0) is 19.6. The SMILES string of the molecule is Cc1c(Cl)cccc1Nc1cnc(C(=O)Nc2ccc(F)c(F)c2F)cn1. The van der Waals surface area contributed by atoms with E-state index in [4.69, 9.17) is 11.6 Å². The van der Waals surface area contributed by atoms with Crippen molar-refractivity contribution in [3.8, 4) is 0 Å². The van der Waals surface area contributed by atoms with Gasteiger partial charge in [0.15, 0.2) is 17.5 Å². The third-order valence-electron chi connectivity index (χ3n) is 3.70. The van der Waals surface area contributed by atoms with Gasteiger partial charge in [0.2, 0.25) is 0 Å².